The zero-order chi connectivity index (χ0) is 8.65. The lowest BCUT2D eigenvalue weighted by Crippen LogP contribution is -2.33. The van der Waals surface area contributed by atoms with Crippen molar-refractivity contribution in [2.75, 3.05) is 0 Å². The van der Waals surface area contributed by atoms with E-state index in [9.17, 15) is 0 Å². The minimum absolute atomic E-state index is 0.224. The SMILES string of the molecule is CC1OC(C)(C(C)C)OC1C. The molecule has 2 unspecified atom stereocenters. The molecule has 1 rings (SSSR count). The van der Waals surface area contributed by atoms with Crippen LogP contribution in [0.1, 0.15) is 34.6 Å². The Labute approximate surface area is 68.9 Å². The summed E-state index contributed by atoms with van der Waals surface area (Å²) in [5.41, 5.74) is 0. The Morgan fingerprint density at radius 1 is 1.09 bits per heavy atom. The zero-order valence-electron chi connectivity index (χ0n) is 8.05. The van der Waals surface area contributed by atoms with Gasteiger partial charge in [0.1, 0.15) is 0 Å². The first kappa shape index (κ1) is 9.01. The monoisotopic (exact) mass is 158 g/mol. The van der Waals surface area contributed by atoms with E-state index in [2.05, 4.69) is 27.7 Å². The van der Waals surface area contributed by atoms with Crippen molar-refractivity contribution in [1.29, 1.82) is 0 Å². The predicted octanol–water partition coefficient (Wildman–Crippen LogP) is 2.18. The van der Waals surface area contributed by atoms with Gasteiger partial charge in [-0.3, -0.25) is 0 Å². The van der Waals surface area contributed by atoms with Gasteiger partial charge in [-0.15, -0.1) is 0 Å². The molecule has 0 aromatic carbocycles. The molecule has 2 nitrogen and oxygen atoms in total. The molecule has 1 heterocycles. The van der Waals surface area contributed by atoms with Crippen LogP contribution in [0.3, 0.4) is 0 Å². The van der Waals surface area contributed by atoms with Crippen molar-refractivity contribution in [2.24, 2.45) is 5.92 Å². The summed E-state index contributed by atoms with van der Waals surface area (Å²) in [6.07, 6.45) is 0.449. The quantitative estimate of drug-likeness (QED) is 0.582. The maximum absolute atomic E-state index is 5.70. The lowest BCUT2D eigenvalue weighted by Gasteiger charge is -2.27. The second-order valence-corrected chi connectivity index (χ2v) is 3.82. The second kappa shape index (κ2) is 2.76. The Morgan fingerprint density at radius 2 is 1.45 bits per heavy atom. The van der Waals surface area contributed by atoms with Crippen molar-refractivity contribution in [3.05, 3.63) is 0 Å². The van der Waals surface area contributed by atoms with E-state index in [0.717, 1.165) is 0 Å². The summed E-state index contributed by atoms with van der Waals surface area (Å²) < 4.78 is 11.4. The van der Waals surface area contributed by atoms with Crippen LogP contribution in [-0.4, -0.2) is 18.0 Å². The first-order valence-electron chi connectivity index (χ1n) is 4.31. The van der Waals surface area contributed by atoms with Crippen LogP contribution in [0.4, 0.5) is 0 Å². The topological polar surface area (TPSA) is 18.5 Å². The fourth-order valence-corrected chi connectivity index (χ4v) is 1.23. The minimum Gasteiger partial charge on any atom is -0.344 e. The number of hydrogen-bond acceptors (Lipinski definition) is 2. The molecule has 0 aliphatic carbocycles. The van der Waals surface area contributed by atoms with E-state index in [4.69, 9.17) is 9.47 Å². The Bertz CT molecular complexity index is 132. The van der Waals surface area contributed by atoms with E-state index in [-0.39, 0.29) is 18.0 Å². The van der Waals surface area contributed by atoms with E-state index in [0.29, 0.717) is 5.92 Å². The first-order chi connectivity index (χ1) is 4.96. The van der Waals surface area contributed by atoms with Crippen LogP contribution < -0.4 is 0 Å². The van der Waals surface area contributed by atoms with Crippen molar-refractivity contribution in [2.45, 2.75) is 52.6 Å². The van der Waals surface area contributed by atoms with Gasteiger partial charge in [0.15, 0.2) is 5.79 Å². The largest absolute Gasteiger partial charge is 0.344 e. The molecule has 2 atom stereocenters. The van der Waals surface area contributed by atoms with E-state index < -0.39 is 0 Å². The highest BCUT2D eigenvalue weighted by atomic mass is 16.8. The molecule has 0 bridgehead atoms. The average Bonchev–Trinajstić information content (AvgIpc) is 2.09. The van der Waals surface area contributed by atoms with Gasteiger partial charge in [-0.05, 0) is 20.8 Å². The van der Waals surface area contributed by atoms with Gasteiger partial charge < -0.3 is 9.47 Å². The molecule has 1 aliphatic heterocycles. The van der Waals surface area contributed by atoms with E-state index in [1.807, 2.05) is 6.92 Å². The minimum atomic E-state index is -0.362. The maximum Gasteiger partial charge on any atom is 0.168 e. The van der Waals surface area contributed by atoms with Gasteiger partial charge in [0.25, 0.3) is 0 Å². The standard InChI is InChI=1S/C9H18O2/c1-6(2)9(5)10-7(3)8(4)11-9/h6-8H,1-5H3. The van der Waals surface area contributed by atoms with Crippen LogP contribution in [0.25, 0.3) is 0 Å². The summed E-state index contributed by atoms with van der Waals surface area (Å²) >= 11 is 0. The normalized spacial score (nSPS) is 45.3. The Morgan fingerprint density at radius 3 is 1.64 bits per heavy atom. The fourth-order valence-electron chi connectivity index (χ4n) is 1.23. The molecule has 1 aliphatic rings. The molecule has 0 saturated carbocycles. The van der Waals surface area contributed by atoms with Crippen molar-refractivity contribution >= 4 is 0 Å². The molecule has 0 radical (unpaired) electrons. The third kappa shape index (κ3) is 1.57. The molecular formula is C9H18O2. The highest BCUT2D eigenvalue weighted by molar-refractivity contribution is 4.80. The van der Waals surface area contributed by atoms with Gasteiger partial charge in [-0.2, -0.15) is 0 Å². The molecule has 0 N–H and O–H groups in total. The van der Waals surface area contributed by atoms with Crippen LogP contribution in [0.2, 0.25) is 0 Å². The molecule has 1 fully saturated rings. The van der Waals surface area contributed by atoms with E-state index >= 15 is 0 Å². The van der Waals surface area contributed by atoms with Crippen LogP contribution in [0.5, 0.6) is 0 Å². The van der Waals surface area contributed by atoms with Gasteiger partial charge >= 0.3 is 0 Å². The van der Waals surface area contributed by atoms with Crippen LogP contribution in [0.15, 0.2) is 0 Å². The second-order valence-electron chi connectivity index (χ2n) is 3.82. The first-order valence-corrected chi connectivity index (χ1v) is 4.31. The fraction of sp³-hybridized carbons (Fsp3) is 1.00. The Hall–Kier alpha value is -0.0800. The van der Waals surface area contributed by atoms with Crippen molar-refractivity contribution in [3.63, 3.8) is 0 Å². The molecule has 0 amide bonds. The van der Waals surface area contributed by atoms with Gasteiger partial charge in [-0.25, -0.2) is 0 Å². The lowest BCUT2D eigenvalue weighted by molar-refractivity contribution is -0.187. The Balaban J connectivity index is 2.64. The van der Waals surface area contributed by atoms with Crippen LogP contribution in [0, 0.1) is 5.92 Å². The third-order valence-corrected chi connectivity index (χ3v) is 2.55. The smallest absolute Gasteiger partial charge is 0.168 e. The highest BCUT2D eigenvalue weighted by Gasteiger charge is 2.42. The summed E-state index contributed by atoms with van der Waals surface area (Å²) in [7, 11) is 0. The molecule has 0 aromatic rings. The van der Waals surface area contributed by atoms with Crippen LogP contribution in [-0.2, 0) is 9.47 Å². The van der Waals surface area contributed by atoms with Crippen LogP contribution >= 0.6 is 0 Å². The molecule has 0 spiro atoms. The highest BCUT2D eigenvalue weighted by Crippen LogP contribution is 2.33. The summed E-state index contributed by atoms with van der Waals surface area (Å²) in [5, 5.41) is 0. The summed E-state index contributed by atoms with van der Waals surface area (Å²) in [6, 6.07) is 0. The molecular weight excluding hydrogens is 140 g/mol. The lowest BCUT2D eigenvalue weighted by atomic mass is 10.1. The van der Waals surface area contributed by atoms with E-state index in [1.165, 1.54) is 0 Å². The molecule has 11 heavy (non-hydrogen) atoms. The van der Waals surface area contributed by atoms with Crippen molar-refractivity contribution in [3.8, 4) is 0 Å². The van der Waals surface area contributed by atoms with Gasteiger partial charge in [0.2, 0.25) is 0 Å². The zero-order valence-corrected chi connectivity index (χ0v) is 8.05. The number of hydrogen-bond donors (Lipinski definition) is 0. The Kier molecular flexibility index (Phi) is 2.26. The molecule has 66 valence electrons. The maximum atomic E-state index is 5.70. The van der Waals surface area contributed by atoms with E-state index in [1.54, 1.807) is 0 Å². The average molecular weight is 158 g/mol. The van der Waals surface area contributed by atoms with Gasteiger partial charge in [-0.1, -0.05) is 13.8 Å². The third-order valence-electron chi connectivity index (χ3n) is 2.55. The molecule has 1 saturated heterocycles. The summed E-state index contributed by atoms with van der Waals surface area (Å²) in [6.45, 7) is 10.4. The summed E-state index contributed by atoms with van der Waals surface area (Å²) in [4.78, 5) is 0. The summed E-state index contributed by atoms with van der Waals surface area (Å²) in [5.74, 6) is 0.0497. The predicted molar refractivity (Wildman–Crippen MR) is 44.3 cm³/mol. The van der Waals surface area contributed by atoms with Crippen molar-refractivity contribution in [1.82, 2.24) is 0 Å². The van der Waals surface area contributed by atoms with Gasteiger partial charge in [0.05, 0.1) is 12.2 Å². The van der Waals surface area contributed by atoms with Crippen molar-refractivity contribution < 1.29 is 9.47 Å². The number of rotatable bonds is 1. The molecule has 0 aromatic heterocycles. The van der Waals surface area contributed by atoms with Gasteiger partial charge in [0, 0.05) is 5.92 Å². The molecule has 2 heteroatoms. The number of ether oxygens (including phenoxy) is 2.